The Kier molecular flexibility index (Phi) is 8.69. The molecule has 1 atom stereocenters. The van der Waals surface area contributed by atoms with Crippen LogP contribution >= 0.6 is 23.2 Å². The molecule has 172 valence electrons. The third-order valence-corrected chi connectivity index (χ3v) is 5.80. The standard InChI is InChI=1S/C25H23Cl2FN2O3/c1-29-25(32)22(14-17-8-3-2-4-9-17)30(15-18-19(26)10-7-11-20(18)27)24(31)16-33-23-13-6-5-12-21(23)28/h2-13,22H,14-16H2,1H3,(H,29,32)/t22-/m0/s1. The highest BCUT2D eigenvalue weighted by Crippen LogP contribution is 2.27. The van der Waals surface area contributed by atoms with Gasteiger partial charge in [-0.1, -0.05) is 71.7 Å². The van der Waals surface area contributed by atoms with Crippen molar-refractivity contribution in [1.82, 2.24) is 10.2 Å². The molecule has 0 bridgehead atoms. The Morgan fingerprint density at radius 1 is 0.970 bits per heavy atom. The van der Waals surface area contributed by atoms with Crippen molar-refractivity contribution in [3.05, 3.63) is 99.8 Å². The maximum atomic E-state index is 14.0. The van der Waals surface area contributed by atoms with Gasteiger partial charge in [0.1, 0.15) is 6.04 Å². The number of hydrogen-bond donors (Lipinski definition) is 1. The molecule has 5 nitrogen and oxygen atoms in total. The molecule has 8 heteroatoms. The minimum Gasteiger partial charge on any atom is -0.481 e. The molecule has 3 aromatic carbocycles. The molecule has 0 unspecified atom stereocenters. The predicted octanol–water partition coefficient (Wildman–Crippen LogP) is 4.90. The van der Waals surface area contributed by atoms with E-state index in [9.17, 15) is 14.0 Å². The molecule has 0 aliphatic rings. The topological polar surface area (TPSA) is 58.6 Å². The number of rotatable bonds is 9. The van der Waals surface area contributed by atoms with Gasteiger partial charge in [-0.25, -0.2) is 4.39 Å². The lowest BCUT2D eigenvalue weighted by molar-refractivity contribution is -0.142. The number of nitrogens with one attached hydrogen (secondary N) is 1. The summed E-state index contributed by atoms with van der Waals surface area (Å²) in [6.45, 7) is -0.492. The van der Waals surface area contributed by atoms with E-state index >= 15 is 0 Å². The van der Waals surface area contributed by atoms with Crippen molar-refractivity contribution in [2.24, 2.45) is 0 Å². The van der Waals surface area contributed by atoms with Crippen molar-refractivity contribution in [1.29, 1.82) is 0 Å². The number of carbonyl (C=O) groups is 2. The van der Waals surface area contributed by atoms with E-state index in [0.717, 1.165) is 5.56 Å². The molecule has 0 heterocycles. The summed E-state index contributed by atoms with van der Waals surface area (Å²) in [4.78, 5) is 27.6. The van der Waals surface area contributed by atoms with E-state index < -0.39 is 24.4 Å². The fourth-order valence-corrected chi connectivity index (χ4v) is 3.88. The van der Waals surface area contributed by atoms with Gasteiger partial charge >= 0.3 is 0 Å². The zero-order valence-corrected chi connectivity index (χ0v) is 19.4. The molecule has 2 amide bonds. The molecule has 3 rings (SSSR count). The Morgan fingerprint density at radius 3 is 2.24 bits per heavy atom. The molecule has 33 heavy (non-hydrogen) atoms. The van der Waals surface area contributed by atoms with Crippen molar-refractivity contribution in [3.8, 4) is 5.75 Å². The van der Waals surface area contributed by atoms with Crippen molar-refractivity contribution in [2.45, 2.75) is 19.0 Å². The molecule has 0 aliphatic carbocycles. The zero-order chi connectivity index (χ0) is 23.8. The summed E-state index contributed by atoms with van der Waals surface area (Å²) in [6, 6.07) is 19.3. The summed E-state index contributed by atoms with van der Waals surface area (Å²) >= 11 is 12.7. The monoisotopic (exact) mass is 488 g/mol. The minimum atomic E-state index is -0.874. The molecule has 0 spiro atoms. The van der Waals surface area contributed by atoms with Gasteiger partial charge in [-0.2, -0.15) is 0 Å². The van der Waals surface area contributed by atoms with E-state index in [1.165, 1.54) is 30.1 Å². The highest BCUT2D eigenvalue weighted by molar-refractivity contribution is 6.36. The second-order valence-electron chi connectivity index (χ2n) is 7.26. The van der Waals surface area contributed by atoms with Crippen LogP contribution in [0.1, 0.15) is 11.1 Å². The third-order valence-electron chi connectivity index (χ3n) is 5.10. The maximum absolute atomic E-state index is 14.0. The normalized spacial score (nSPS) is 11.5. The second-order valence-corrected chi connectivity index (χ2v) is 8.08. The highest BCUT2D eigenvalue weighted by Gasteiger charge is 2.31. The SMILES string of the molecule is CNC(=O)[C@H](Cc1ccccc1)N(Cc1c(Cl)cccc1Cl)C(=O)COc1ccccc1F. The summed E-state index contributed by atoms with van der Waals surface area (Å²) < 4.78 is 19.4. The Labute approximate surface area is 202 Å². The van der Waals surface area contributed by atoms with Gasteiger partial charge < -0.3 is 15.0 Å². The van der Waals surface area contributed by atoms with Crippen molar-refractivity contribution in [3.63, 3.8) is 0 Å². The molecular formula is C25H23Cl2FN2O3. The molecule has 0 fully saturated rings. The fourth-order valence-electron chi connectivity index (χ4n) is 3.36. The fraction of sp³-hybridized carbons (Fsp3) is 0.200. The van der Waals surface area contributed by atoms with Gasteiger partial charge in [-0.15, -0.1) is 0 Å². The number of benzene rings is 3. The number of carbonyl (C=O) groups excluding carboxylic acids is 2. The lowest BCUT2D eigenvalue weighted by atomic mass is 10.0. The van der Waals surface area contributed by atoms with Crippen LogP contribution in [0.2, 0.25) is 10.0 Å². The summed E-state index contributed by atoms with van der Waals surface area (Å²) in [6.07, 6.45) is 0.258. The molecule has 0 aromatic heterocycles. The van der Waals surface area contributed by atoms with E-state index in [4.69, 9.17) is 27.9 Å². The summed E-state index contributed by atoms with van der Waals surface area (Å²) in [5.41, 5.74) is 1.37. The number of halogens is 3. The number of ether oxygens (including phenoxy) is 1. The average Bonchev–Trinajstić information content (AvgIpc) is 2.82. The van der Waals surface area contributed by atoms with Gasteiger partial charge in [0.25, 0.3) is 5.91 Å². The van der Waals surface area contributed by atoms with E-state index in [0.29, 0.717) is 15.6 Å². The first kappa shape index (κ1) is 24.6. The van der Waals surface area contributed by atoms with Crippen LogP contribution in [-0.2, 0) is 22.6 Å². The van der Waals surface area contributed by atoms with E-state index in [-0.39, 0.29) is 24.6 Å². The van der Waals surface area contributed by atoms with Gasteiger partial charge in [-0.05, 0) is 29.8 Å². The van der Waals surface area contributed by atoms with Crippen LogP contribution in [-0.4, -0.2) is 36.4 Å². The van der Waals surface area contributed by atoms with Crippen LogP contribution in [0.25, 0.3) is 0 Å². The average molecular weight is 489 g/mol. The van der Waals surface area contributed by atoms with Gasteiger partial charge in [0.15, 0.2) is 18.2 Å². The van der Waals surface area contributed by atoms with Crippen LogP contribution in [0.5, 0.6) is 5.75 Å². The third kappa shape index (κ3) is 6.46. The quantitative estimate of drug-likeness (QED) is 0.466. The Hall–Kier alpha value is -3.09. The Balaban J connectivity index is 1.93. The molecule has 0 radical (unpaired) electrons. The van der Waals surface area contributed by atoms with Crippen LogP contribution in [0.3, 0.4) is 0 Å². The summed E-state index contributed by atoms with van der Waals surface area (Å²) in [5.74, 6) is -1.51. The Bertz CT molecular complexity index is 1090. The lowest BCUT2D eigenvalue weighted by Gasteiger charge is -2.31. The molecule has 0 saturated carbocycles. The van der Waals surface area contributed by atoms with Gasteiger partial charge in [-0.3, -0.25) is 9.59 Å². The smallest absolute Gasteiger partial charge is 0.261 e. The van der Waals surface area contributed by atoms with Crippen LogP contribution in [0.4, 0.5) is 4.39 Å². The largest absolute Gasteiger partial charge is 0.481 e. The number of amides is 2. The van der Waals surface area contributed by atoms with Crippen molar-refractivity contribution >= 4 is 35.0 Å². The van der Waals surface area contributed by atoms with Crippen molar-refractivity contribution < 1.29 is 18.7 Å². The van der Waals surface area contributed by atoms with Crippen molar-refractivity contribution in [2.75, 3.05) is 13.7 Å². The first-order valence-corrected chi connectivity index (χ1v) is 11.0. The predicted molar refractivity (Wildman–Crippen MR) is 127 cm³/mol. The number of hydrogen-bond acceptors (Lipinski definition) is 3. The van der Waals surface area contributed by atoms with E-state index in [1.807, 2.05) is 30.3 Å². The minimum absolute atomic E-state index is 0.0249. The molecule has 0 aliphatic heterocycles. The molecule has 0 saturated heterocycles. The van der Waals surface area contributed by atoms with Crippen LogP contribution in [0, 0.1) is 5.82 Å². The van der Waals surface area contributed by atoms with Crippen LogP contribution in [0.15, 0.2) is 72.8 Å². The highest BCUT2D eigenvalue weighted by atomic mass is 35.5. The maximum Gasteiger partial charge on any atom is 0.261 e. The lowest BCUT2D eigenvalue weighted by Crippen LogP contribution is -2.51. The first-order chi connectivity index (χ1) is 15.9. The van der Waals surface area contributed by atoms with E-state index in [1.54, 1.807) is 24.3 Å². The van der Waals surface area contributed by atoms with Crippen LogP contribution < -0.4 is 10.1 Å². The molecular weight excluding hydrogens is 466 g/mol. The van der Waals surface area contributed by atoms with E-state index in [2.05, 4.69) is 5.32 Å². The second kappa shape index (κ2) is 11.7. The Morgan fingerprint density at radius 2 is 1.61 bits per heavy atom. The van der Waals surface area contributed by atoms with Gasteiger partial charge in [0, 0.05) is 35.6 Å². The number of nitrogens with zero attached hydrogens (tertiary/aromatic N) is 1. The summed E-state index contributed by atoms with van der Waals surface area (Å²) in [5, 5.41) is 3.35. The first-order valence-electron chi connectivity index (χ1n) is 10.3. The summed E-state index contributed by atoms with van der Waals surface area (Å²) in [7, 11) is 1.50. The number of likely N-dealkylation sites (N-methyl/N-ethyl adjacent to an activating group) is 1. The number of para-hydroxylation sites is 1. The van der Waals surface area contributed by atoms with Gasteiger partial charge in [0.2, 0.25) is 5.91 Å². The zero-order valence-electron chi connectivity index (χ0n) is 17.9. The molecule has 3 aromatic rings. The molecule has 1 N–H and O–H groups in total. The van der Waals surface area contributed by atoms with Gasteiger partial charge in [0.05, 0.1) is 0 Å².